The molecular formula is C27H39N5O3. The van der Waals surface area contributed by atoms with Gasteiger partial charge in [-0.3, -0.25) is 4.79 Å². The molecule has 0 saturated carbocycles. The van der Waals surface area contributed by atoms with E-state index in [0.717, 1.165) is 58.5 Å². The minimum atomic E-state index is -0.328. The number of aliphatic hydroxyl groups excluding tert-OH is 1. The van der Waals surface area contributed by atoms with Gasteiger partial charge in [0.2, 0.25) is 5.76 Å². The minimum Gasteiger partial charge on any atom is -0.418 e. The first-order valence-corrected chi connectivity index (χ1v) is 12.9. The lowest BCUT2D eigenvalue weighted by molar-refractivity contribution is 0.0242. The first-order valence-electron chi connectivity index (χ1n) is 12.9. The summed E-state index contributed by atoms with van der Waals surface area (Å²) in [6, 6.07) is 7.34. The molecule has 0 radical (unpaired) electrons. The number of carbonyl (C=O) groups excluding carboxylic acids is 1. The highest BCUT2D eigenvalue weighted by molar-refractivity contribution is 5.91. The summed E-state index contributed by atoms with van der Waals surface area (Å²) in [5, 5.41) is 14.8. The predicted octanol–water partition coefficient (Wildman–Crippen LogP) is 2.97. The van der Waals surface area contributed by atoms with Crippen LogP contribution in [-0.2, 0) is 5.41 Å². The Morgan fingerprint density at radius 2 is 2.09 bits per heavy atom. The average Bonchev–Trinajstić information content (AvgIpc) is 3.47. The number of benzene rings is 1. The van der Waals surface area contributed by atoms with Crippen molar-refractivity contribution in [2.24, 2.45) is 11.8 Å². The summed E-state index contributed by atoms with van der Waals surface area (Å²) in [6.07, 6.45) is 4.09. The Balaban J connectivity index is 1.13. The van der Waals surface area contributed by atoms with Crippen LogP contribution in [0.3, 0.4) is 0 Å². The highest BCUT2D eigenvalue weighted by Crippen LogP contribution is 2.47. The fraction of sp³-hybridized carbons (Fsp3) is 0.630. The number of carbonyl (C=O) groups is 1. The van der Waals surface area contributed by atoms with Crippen molar-refractivity contribution in [3.05, 3.63) is 41.3 Å². The summed E-state index contributed by atoms with van der Waals surface area (Å²) in [5.41, 5.74) is 4.29. The number of aryl methyl sites for hydroxylation is 1. The van der Waals surface area contributed by atoms with E-state index >= 15 is 0 Å². The molecule has 35 heavy (non-hydrogen) atoms. The molecule has 0 bridgehead atoms. The highest BCUT2D eigenvalue weighted by Gasteiger charge is 2.46. The van der Waals surface area contributed by atoms with E-state index in [1.165, 1.54) is 27.9 Å². The molecule has 3 atom stereocenters. The van der Waals surface area contributed by atoms with Crippen LogP contribution in [0.5, 0.6) is 0 Å². The molecule has 0 aliphatic carbocycles. The smallest absolute Gasteiger partial charge is 0.297 e. The van der Waals surface area contributed by atoms with Gasteiger partial charge in [-0.05, 0) is 61.8 Å². The molecule has 8 nitrogen and oxygen atoms in total. The van der Waals surface area contributed by atoms with Crippen LogP contribution in [-0.4, -0.2) is 85.3 Å². The number of nitrogens with one attached hydrogen (secondary N) is 1. The minimum absolute atomic E-state index is 0.182. The molecule has 4 heterocycles. The summed E-state index contributed by atoms with van der Waals surface area (Å²) < 4.78 is 5.70. The number of anilines is 2. The second-order valence-electron chi connectivity index (χ2n) is 11.1. The molecule has 1 aromatic heterocycles. The summed E-state index contributed by atoms with van der Waals surface area (Å²) in [5.74, 6) is 0.885. The number of aliphatic hydroxyl groups is 1. The van der Waals surface area contributed by atoms with E-state index in [0.29, 0.717) is 11.9 Å². The molecule has 3 aliphatic heterocycles. The maximum Gasteiger partial charge on any atom is 0.297 e. The van der Waals surface area contributed by atoms with Gasteiger partial charge in [0.25, 0.3) is 11.9 Å². The second kappa shape index (κ2) is 9.47. The van der Waals surface area contributed by atoms with Crippen molar-refractivity contribution in [3.8, 4) is 0 Å². The molecule has 1 aromatic carbocycles. The number of fused-ring (bicyclic) bond motifs is 2. The summed E-state index contributed by atoms with van der Waals surface area (Å²) >= 11 is 0. The molecule has 1 spiro atoms. The van der Waals surface area contributed by atoms with Gasteiger partial charge in [0.15, 0.2) is 0 Å². The average molecular weight is 482 g/mol. The van der Waals surface area contributed by atoms with Gasteiger partial charge in [0, 0.05) is 57.9 Å². The van der Waals surface area contributed by atoms with Crippen molar-refractivity contribution in [1.29, 1.82) is 0 Å². The number of rotatable bonds is 5. The Morgan fingerprint density at radius 1 is 1.31 bits per heavy atom. The van der Waals surface area contributed by atoms with Crippen molar-refractivity contribution < 1.29 is 14.3 Å². The van der Waals surface area contributed by atoms with Crippen LogP contribution in [0.4, 0.5) is 11.7 Å². The van der Waals surface area contributed by atoms with Crippen LogP contribution in [0.25, 0.3) is 0 Å². The molecule has 190 valence electrons. The SMILES string of the molecule is Cc1ccc2c(c1)NC[C@@]21CCN(C[C@@H](O)C2CCN(c3ncc(C(=O)N(C)C)o3)CC2)CC1C. The maximum absolute atomic E-state index is 12.1. The quantitative estimate of drug-likeness (QED) is 0.679. The lowest BCUT2D eigenvalue weighted by Gasteiger charge is -2.46. The maximum atomic E-state index is 12.1. The molecule has 2 aromatic rings. The summed E-state index contributed by atoms with van der Waals surface area (Å²) in [4.78, 5) is 22.4. The topological polar surface area (TPSA) is 85.1 Å². The number of likely N-dealkylation sites (tertiary alicyclic amines) is 1. The Bertz CT molecular complexity index is 1060. The second-order valence-corrected chi connectivity index (χ2v) is 11.1. The molecule has 1 amide bonds. The summed E-state index contributed by atoms with van der Waals surface area (Å²) in [6.45, 7) is 9.87. The van der Waals surface area contributed by atoms with Crippen LogP contribution in [0.15, 0.2) is 28.8 Å². The van der Waals surface area contributed by atoms with E-state index in [-0.39, 0.29) is 29.1 Å². The van der Waals surface area contributed by atoms with Gasteiger partial charge >= 0.3 is 0 Å². The van der Waals surface area contributed by atoms with Gasteiger partial charge in [-0.25, -0.2) is 4.98 Å². The van der Waals surface area contributed by atoms with Gasteiger partial charge in [-0.1, -0.05) is 19.1 Å². The van der Waals surface area contributed by atoms with E-state index in [1.54, 1.807) is 14.1 Å². The fourth-order valence-corrected chi connectivity index (χ4v) is 6.29. The van der Waals surface area contributed by atoms with E-state index in [9.17, 15) is 9.90 Å². The van der Waals surface area contributed by atoms with Crippen LogP contribution >= 0.6 is 0 Å². The predicted molar refractivity (Wildman–Crippen MR) is 137 cm³/mol. The zero-order valence-corrected chi connectivity index (χ0v) is 21.5. The molecule has 3 aliphatic rings. The molecule has 2 saturated heterocycles. The Hall–Kier alpha value is -2.58. The van der Waals surface area contributed by atoms with Crippen molar-refractivity contribution in [1.82, 2.24) is 14.8 Å². The molecular weight excluding hydrogens is 442 g/mol. The number of hydrogen-bond acceptors (Lipinski definition) is 7. The highest BCUT2D eigenvalue weighted by atomic mass is 16.4. The third-order valence-corrected chi connectivity index (χ3v) is 8.57. The zero-order chi connectivity index (χ0) is 24.7. The van der Waals surface area contributed by atoms with E-state index in [2.05, 4.69) is 52.1 Å². The van der Waals surface area contributed by atoms with Gasteiger partial charge in [-0.2, -0.15) is 0 Å². The number of oxazole rings is 1. The Morgan fingerprint density at radius 3 is 2.80 bits per heavy atom. The van der Waals surface area contributed by atoms with Crippen molar-refractivity contribution >= 4 is 17.6 Å². The number of aromatic nitrogens is 1. The number of β-amino-alcohol motifs (C(OH)–C–C–N with tert-alkyl or cyclic N) is 1. The molecule has 2 fully saturated rings. The van der Waals surface area contributed by atoms with E-state index in [4.69, 9.17) is 4.42 Å². The van der Waals surface area contributed by atoms with Crippen LogP contribution in [0.2, 0.25) is 0 Å². The number of hydrogen-bond donors (Lipinski definition) is 2. The molecule has 8 heteroatoms. The number of nitrogens with zero attached hydrogens (tertiary/aromatic N) is 4. The Labute approximate surface area is 208 Å². The lowest BCUT2D eigenvalue weighted by Crippen LogP contribution is -2.52. The number of piperidine rings is 2. The van der Waals surface area contributed by atoms with Gasteiger partial charge < -0.3 is 29.5 Å². The van der Waals surface area contributed by atoms with Gasteiger partial charge in [0.05, 0.1) is 12.3 Å². The van der Waals surface area contributed by atoms with Gasteiger partial charge in [0.1, 0.15) is 0 Å². The van der Waals surface area contributed by atoms with Crippen molar-refractivity contribution in [2.45, 2.75) is 44.6 Å². The van der Waals surface area contributed by atoms with Crippen LogP contribution in [0, 0.1) is 18.8 Å². The van der Waals surface area contributed by atoms with E-state index in [1.807, 2.05) is 0 Å². The standard InChI is InChI=1S/C27H39N5O3/c1-18-5-6-21-22(13-18)29-17-27(21)9-12-31(15-19(27)2)16-23(33)20-7-10-32(11-8-20)26-28-14-24(35-26)25(34)30(3)4/h5-6,13-14,19-20,23,29,33H,7-12,15-17H2,1-4H3/t19?,23-,27-/m1/s1. The third kappa shape index (κ3) is 4.54. The lowest BCUT2D eigenvalue weighted by atomic mass is 9.67. The third-order valence-electron chi connectivity index (χ3n) is 8.57. The largest absolute Gasteiger partial charge is 0.418 e. The Kier molecular flexibility index (Phi) is 6.53. The first-order chi connectivity index (χ1) is 16.8. The molecule has 5 rings (SSSR count). The number of amides is 1. The fourth-order valence-electron chi connectivity index (χ4n) is 6.29. The van der Waals surface area contributed by atoms with E-state index < -0.39 is 0 Å². The first kappa shape index (κ1) is 24.1. The van der Waals surface area contributed by atoms with Crippen LogP contribution < -0.4 is 10.2 Å². The molecule has 1 unspecified atom stereocenters. The van der Waals surface area contributed by atoms with Crippen LogP contribution in [0.1, 0.15) is 47.9 Å². The summed E-state index contributed by atoms with van der Waals surface area (Å²) in [7, 11) is 3.40. The monoisotopic (exact) mass is 481 g/mol. The normalized spacial score (nSPS) is 26.0. The van der Waals surface area contributed by atoms with Crippen molar-refractivity contribution in [3.63, 3.8) is 0 Å². The van der Waals surface area contributed by atoms with Gasteiger partial charge in [-0.15, -0.1) is 0 Å². The molecule has 2 N–H and O–H groups in total. The zero-order valence-electron chi connectivity index (χ0n) is 21.5. The van der Waals surface area contributed by atoms with Crippen molar-refractivity contribution in [2.75, 3.05) is 63.6 Å².